The van der Waals surface area contributed by atoms with E-state index < -0.39 is 173 Å². The number of likely N-dealkylation sites (N-methyl/N-ethyl adjacent to an activating group) is 2. The van der Waals surface area contributed by atoms with Crippen molar-refractivity contribution in [2.45, 2.75) is 283 Å². The molecule has 118 heavy (non-hydrogen) atoms. The van der Waals surface area contributed by atoms with Gasteiger partial charge in [0.1, 0.15) is 78.3 Å². The molecule has 2 fully saturated rings. The summed E-state index contributed by atoms with van der Waals surface area (Å²) in [6, 6.07) is -13.6. The highest BCUT2D eigenvalue weighted by atomic mass is 16.5. The number of hydrogen-bond donors (Lipinski definition) is 18. The summed E-state index contributed by atoms with van der Waals surface area (Å²) in [6.07, 6.45) is 5.13. The van der Waals surface area contributed by atoms with Gasteiger partial charge in [-0.2, -0.15) is 0 Å². The van der Waals surface area contributed by atoms with E-state index in [1.54, 1.807) is 69.5 Å². The van der Waals surface area contributed by atoms with E-state index in [4.69, 9.17) is 37.1 Å². The van der Waals surface area contributed by atoms with Crippen LogP contribution in [0.25, 0.3) is 0 Å². The molecule has 2 aliphatic heterocycles. The van der Waals surface area contributed by atoms with Crippen molar-refractivity contribution in [3.05, 3.63) is 0 Å². The van der Waals surface area contributed by atoms with Crippen molar-refractivity contribution in [1.82, 2.24) is 84.2 Å². The predicted octanol–water partition coefficient (Wildman–Crippen LogP) is -3.63. The van der Waals surface area contributed by atoms with E-state index in [0.29, 0.717) is 110 Å². The number of carbonyl (C=O) groups excluding carboxylic acids is 16. The van der Waals surface area contributed by atoms with Gasteiger partial charge in [-0.1, -0.05) is 68.2 Å². The Kier molecular flexibility index (Phi) is 50.7. The molecule has 15 amide bonds. The number of likely N-dealkylation sites (tertiary alicyclic amines) is 2. The summed E-state index contributed by atoms with van der Waals surface area (Å²) >= 11 is 0. The fourth-order valence-electron chi connectivity index (χ4n) is 13.1. The number of rotatable bonds is 62. The van der Waals surface area contributed by atoms with Gasteiger partial charge in [-0.25, -0.2) is 0 Å². The molecule has 2 rings (SSSR count). The minimum Gasteiger partial charge on any atom is -0.379 e. The van der Waals surface area contributed by atoms with E-state index in [2.05, 4.69) is 74.4 Å². The largest absolute Gasteiger partial charge is 0.379 e. The summed E-state index contributed by atoms with van der Waals surface area (Å²) in [5.74, 6) is -11.0. The topological polar surface area (TPSA) is 580 Å². The first-order valence-electron chi connectivity index (χ1n) is 42.1. The Bertz CT molecular complexity index is 3210. The van der Waals surface area contributed by atoms with Gasteiger partial charge < -0.3 is 126 Å². The zero-order chi connectivity index (χ0) is 88.8. The third-order valence-corrected chi connectivity index (χ3v) is 21.4. The second-order valence-corrected chi connectivity index (χ2v) is 31.6. The van der Waals surface area contributed by atoms with Gasteiger partial charge in [0.05, 0.1) is 38.5 Å². The van der Waals surface area contributed by atoms with E-state index in [9.17, 15) is 76.7 Å². The zero-order valence-corrected chi connectivity index (χ0v) is 72.3. The number of aldehydes is 1. The van der Waals surface area contributed by atoms with Crippen LogP contribution in [-0.2, 0) is 90.9 Å². The Morgan fingerprint density at radius 3 is 1.22 bits per heavy atom. The van der Waals surface area contributed by atoms with Crippen molar-refractivity contribution >= 4 is 94.9 Å². The van der Waals surface area contributed by atoms with Crippen LogP contribution >= 0.6 is 0 Å². The highest BCUT2D eigenvalue weighted by Crippen LogP contribution is 2.25. The Labute approximate surface area is 696 Å². The molecule has 0 unspecified atom stereocenters. The van der Waals surface area contributed by atoms with Crippen LogP contribution in [0.1, 0.15) is 199 Å². The Morgan fingerprint density at radius 1 is 0.432 bits per heavy atom. The lowest BCUT2D eigenvalue weighted by molar-refractivity contribution is -0.143. The van der Waals surface area contributed by atoms with E-state index in [1.807, 2.05) is 13.8 Å². The molecule has 22 N–H and O–H groups in total. The molecule has 0 aliphatic carbocycles. The van der Waals surface area contributed by atoms with Gasteiger partial charge >= 0.3 is 0 Å². The predicted molar refractivity (Wildman–Crippen MR) is 441 cm³/mol. The number of carbonyl (C=O) groups is 16. The molecule has 2 heterocycles. The summed E-state index contributed by atoms with van der Waals surface area (Å²) in [6.45, 7) is 23.4. The Balaban J connectivity index is 1.94. The lowest BCUT2D eigenvalue weighted by Crippen LogP contribution is -2.62. The maximum Gasteiger partial charge on any atom is 0.246 e. The smallest absolute Gasteiger partial charge is 0.246 e. The van der Waals surface area contributed by atoms with Crippen LogP contribution in [0.15, 0.2) is 0 Å². The van der Waals surface area contributed by atoms with Crippen LogP contribution in [0.4, 0.5) is 0 Å². The summed E-state index contributed by atoms with van der Waals surface area (Å²) < 4.78 is 17.1. The second-order valence-electron chi connectivity index (χ2n) is 31.6. The van der Waals surface area contributed by atoms with Crippen LogP contribution < -0.4 is 97.4 Å². The average Bonchev–Trinajstić information content (AvgIpc) is 1.61. The number of nitrogens with one attached hydrogen (secondary N) is 14. The molecule has 0 aromatic carbocycles. The Hall–Kier alpha value is -8.60. The Morgan fingerprint density at radius 2 is 0.822 bits per heavy atom. The van der Waals surface area contributed by atoms with Crippen molar-refractivity contribution in [1.29, 1.82) is 0 Å². The highest BCUT2D eigenvalue weighted by Gasteiger charge is 2.44. The lowest BCUT2D eigenvalue weighted by atomic mass is 9.92. The number of nitrogens with two attached hydrogens (primary N) is 4. The van der Waals surface area contributed by atoms with E-state index in [1.165, 1.54) is 23.6 Å². The third-order valence-electron chi connectivity index (χ3n) is 21.4. The second kappa shape index (κ2) is 56.8. The molecule has 0 aromatic rings. The highest BCUT2D eigenvalue weighted by molar-refractivity contribution is 6.00. The molecule has 39 nitrogen and oxygen atoms in total. The SMILES string of the molecule is CC[C@H](C)[C@H](NC(=O)[C@@H]1CCCN1C(=O)[C@@H](NC(=O)[C@H](C)NC)C(C)C)C(=O)N[C@@H](C)C(=O)N[C@@H](CCC(N)=O)C(=O)N[C@@H](CCCCN)C(=O)NCCCOCCOCCOCCCNC[C@@](C=O)(CCCCN)NC(=O)[C@H](CCC(N)=O)NC(=O)[C@H](C)NC(=O)[C@@H](NC(=O)[C@@H]1CCCN1C(=O)[C@@H](NC(=O)[C@H](C)NC)C(C)C)[C@@H](C)CC. The van der Waals surface area contributed by atoms with Gasteiger partial charge in [0.15, 0.2) is 0 Å². The number of unbranched alkanes of at least 4 members (excludes halogenated alkanes) is 2. The van der Waals surface area contributed by atoms with Crippen LogP contribution in [0, 0.1) is 23.7 Å². The summed E-state index contributed by atoms with van der Waals surface area (Å²) in [4.78, 5) is 219. The van der Waals surface area contributed by atoms with E-state index in [0.717, 1.165) is 0 Å². The van der Waals surface area contributed by atoms with Gasteiger partial charge in [-0.05, 0) is 175 Å². The first-order valence-corrected chi connectivity index (χ1v) is 42.1. The van der Waals surface area contributed by atoms with Gasteiger partial charge in [0.2, 0.25) is 88.6 Å². The van der Waals surface area contributed by atoms with Crippen molar-refractivity contribution < 1.29 is 90.9 Å². The van der Waals surface area contributed by atoms with Crippen LogP contribution in [0.2, 0.25) is 0 Å². The molecule has 0 radical (unpaired) electrons. The molecule has 674 valence electrons. The summed E-state index contributed by atoms with van der Waals surface area (Å²) in [5.41, 5.74) is 21.0. The minimum absolute atomic E-state index is 0.0282. The summed E-state index contributed by atoms with van der Waals surface area (Å²) in [7, 11) is 3.24. The maximum atomic E-state index is 14.2. The molecular weight excluding hydrogens is 1530 g/mol. The molecule has 0 saturated carbocycles. The van der Waals surface area contributed by atoms with Gasteiger partial charge in [0.25, 0.3) is 0 Å². The van der Waals surface area contributed by atoms with Crippen molar-refractivity contribution in [3.8, 4) is 0 Å². The molecule has 0 bridgehead atoms. The zero-order valence-electron chi connectivity index (χ0n) is 72.3. The number of amides is 15. The van der Waals surface area contributed by atoms with Crippen LogP contribution in [-0.4, -0.2) is 288 Å². The molecule has 2 saturated heterocycles. The fourth-order valence-corrected chi connectivity index (χ4v) is 13.1. The van der Waals surface area contributed by atoms with E-state index >= 15 is 0 Å². The summed E-state index contributed by atoms with van der Waals surface area (Å²) in [5, 5.41) is 38.8. The van der Waals surface area contributed by atoms with Crippen LogP contribution in [0.5, 0.6) is 0 Å². The average molecular weight is 1680 g/mol. The van der Waals surface area contributed by atoms with Crippen molar-refractivity contribution in [2.75, 3.05) is 99.5 Å². The maximum absolute atomic E-state index is 14.2. The first kappa shape index (κ1) is 105. The van der Waals surface area contributed by atoms with Crippen LogP contribution in [0.3, 0.4) is 0 Å². The van der Waals surface area contributed by atoms with Gasteiger partial charge in [0, 0.05) is 52.2 Å². The third kappa shape index (κ3) is 37.4. The minimum atomic E-state index is -1.49. The standard InChI is InChI=1S/C79H144N20O19/c1-15-49(7)64(95-73(110)58-26-21-37-98(58)77(114)62(47(3)4)93-66(103)51(9)84-13)75(112)88-53(11)68(105)90-56(28-30-60(82)101)71(108)92-55(25-17-19-33-80)70(107)87-36-24-40-117-42-44-118-43-41-116-39-23-35-86-45-79(46-100,32-18-20-34-81)97-72(109)57(29-31-61(83)102)91-69(106)54(12)89-76(113)65(50(8)16-2)96-74(111)59-27-22-38-99(59)78(115)63(48(5)6)94-67(104)52(10)85-14/h46-59,62-65,84-86H,15-45,80-81H2,1-14H3,(H2,82,101)(H2,83,102)(H,87,107)(H,88,112)(H,89,113)(H,90,105)(H,91,106)(H,92,108)(H,93,103)(H,94,104)(H,95,110)(H,96,111)(H,97,109)/t49-,50-,51-,52-,53-,54-,55-,56-,57-,58-,59-,62-,63-,64-,65-,79+/m0/s1. The number of ether oxygens (including phenoxy) is 3. The number of primary amides is 2. The molecule has 16 atom stereocenters. The molecule has 0 spiro atoms. The normalized spacial score (nSPS) is 17.8. The van der Waals surface area contributed by atoms with Gasteiger partial charge in [-0.3, -0.25) is 71.9 Å². The fraction of sp³-hybridized carbons (Fsp3) is 0.797. The van der Waals surface area contributed by atoms with Crippen molar-refractivity contribution in [3.63, 3.8) is 0 Å². The molecule has 2 aliphatic rings. The monoisotopic (exact) mass is 1680 g/mol. The van der Waals surface area contributed by atoms with E-state index in [-0.39, 0.29) is 121 Å². The number of nitrogens with zero attached hydrogens (tertiary/aromatic N) is 2. The number of hydrogen-bond acceptors (Lipinski definition) is 24. The molecule has 0 aromatic heterocycles. The van der Waals surface area contributed by atoms with Crippen molar-refractivity contribution in [2.24, 2.45) is 46.6 Å². The molecular formula is C79H144N20O19. The lowest BCUT2D eigenvalue weighted by Gasteiger charge is -2.33. The first-order chi connectivity index (χ1) is 55.9. The quantitative estimate of drug-likeness (QED) is 0.0206. The van der Waals surface area contributed by atoms with Gasteiger partial charge in [-0.15, -0.1) is 0 Å². The molecule has 39 heteroatoms.